The van der Waals surface area contributed by atoms with Crippen molar-refractivity contribution in [2.75, 3.05) is 23.9 Å². The summed E-state index contributed by atoms with van der Waals surface area (Å²) in [5, 5.41) is 0. The second-order valence-electron chi connectivity index (χ2n) is 6.89. The lowest BCUT2D eigenvalue weighted by molar-refractivity contribution is 1.17. The van der Waals surface area contributed by atoms with E-state index in [4.69, 9.17) is 0 Å². The molecule has 0 saturated heterocycles. The molecule has 2 aliphatic rings. The first-order valence-electron chi connectivity index (χ1n) is 8.46. The van der Waals surface area contributed by atoms with Gasteiger partial charge in [0.15, 0.2) is 0 Å². The largest absolute Gasteiger partial charge is 0.345 e. The average molecular weight is 310 g/mol. The minimum absolute atomic E-state index is 0.315. The van der Waals surface area contributed by atoms with Crippen molar-refractivity contribution < 1.29 is 0 Å². The third-order valence-electron chi connectivity index (χ3n) is 5.51. The molecule has 0 amide bonds. The van der Waals surface area contributed by atoms with E-state index in [0.29, 0.717) is 6.71 Å². The number of para-hydroxylation sites is 2. The molecule has 0 spiro atoms. The second kappa shape index (κ2) is 4.67. The van der Waals surface area contributed by atoms with E-state index in [1.165, 1.54) is 44.7 Å². The quantitative estimate of drug-likeness (QED) is 0.589. The highest BCUT2D eigenvalue weighted by atomic mass is 15.1. The monoisotopic (exact) mass is 310 g/mol. The summed E-state index contributed by atoms with van der Waals surface area (Å²) in [4.78, 5) is 4.69. The van der Waals surface area contributed by atoms with Crippen LogP contribution < -0.4 is 26.2 Å². The summed E-state index contributed by atoms with van der Waals surface area (Å²) in [6.07, 6.45) is 0. The zero-order valence-electron chi connectivity index (χ0n) is 14.2. The summed E-state index contributed by atoms with van der Waals surface area (Å²) >= 11 is 0. The molecule has 3 aromatic carbocycles. The second-order valence-corrected chi connectivity index (χ2v) is 6.89. The molecule has 3 aromatic rings. The van der Waals surface area contributed by atoms with E-state index in [-0.39, 0.29) is 0 Å². The number of fused-ring (bicyclic) bond motifs is 4. The van der Waals surface area contributed by atoms with Gasteiger partial charge in [-0.25, -0.2) is 0 Å². The van der Waals surface area contributed by atoms with Crippen LogP contribution in [0.25, 0.3) is 0 Å². The smallest absolute Gasteiger partial charge is 0.252 e. The van der Waals surface area contributed by atoms with Crippen molar-refractivity contribution in [3.05, 3.63) is 66.2 Å². The first kappa shape index (κ1) is 13.7. The molecule has 116 valence electrons. The molecule has 0 unspecified atom stereocenters. The van der Waals surface area contributed by atoms with Gasteiger partial charge < -0.3 is 9.80 Å². The normalized spacial score (nSPS) is 14.2. The van der Waals surface area contributed by atoms with Crippen LogP contribution >= 0.6 is 0 Å². The SMILES string of the molecule is Cc1cc2c3c(c1)N(C)c1ccccc1B3c1ccccc1N2C. The topological polar surface area (TPSA) is 6.48 Å². The van der Waals surface area contributed by atoms with Crippen LogP contribution in [-0.2, 0) is 0 Å². The van der Waals surface area contributed by atoms with E-state index in [9.17, 15) is 0 Å². The highest BCUT2D eigenvalue weighted by Gasteiger charge is 2.40. The van der Waals surface area contributed by atoms with Gasteiger partial charge in [-0.1, -0.05) is 36.4 Å². The Kier molecular flexibility index (Phi) is 2.67. The van der Waals surface area contributed by atoms with Crippen LogP contribution in [0, 0.1) is 6.92 Å². The third-order valence-corrected chi connectivity index (χ3v) is 5.51. The minimum atomic E-state index is 0.315. The summed E-state index contributed by atoms with van der Waals surface area (Å²) in [6.45, 7) is 2.50. The van der Waals surface area contributed by atoms with E-state index < -0.39 is 0 Å². The Hall–Kier alpha value is -2.68. The van der Waals surface area contributed by atoms with Gasteiger partial charge in [-0.15, -0.1) is 0 Å². The van der Waals surface area contributed by atoms with Crippen molar-refractivity contribution in [2.45, 2.75) is 6.92 Å². The maximum absolute atomic E-state index is 2.35. The van der Waals surface area contributed by atoms with Crippen LogP contribution in [-0.4, -0.2) is 20.8 Å². The predicted octanol–water partition coefficient (Wildman–Crippen LogP) is 2.67. The number of benzene rings is 3. The van der Waals surface area contributed by atoms with Gasteiger partial charge in [-0.2, -0.15) is 0 Å². The molecule has 0 atom stereocenters. The maximum atomic E-state index is 2.35. The maximum Gasteiger partial charge on any atom is 0.252 e. The zero-order chi connectivity index (χ0) is 16.4. The highest BCUT2D eigenvalue weighted by molar-refractivity contribution is 7.00. The van der Waals surface area contributed by atoms with Crippen LogP contribution in [0.4, 0.5) is 22.7 Å². The fourth-order valence-corrected chi connectivity index (χ4v) is 4.42. The zero-order valence-corrected chi connectivity index (χ0v) is 14.2. The highest BCUT2D eigenvalue weighted by Crippen LogP contribution is 2.36. The molecule has 3 heteroatoms. The Morgan fingerprint density at radius 2 is 1.12 bits per heavy atom. The van der Waals surface area contributed by atoms with Crippen molar-refractivity contribution >= 4 is 45.9 Å². The molecule has 0 N–H and O–H groups in total. The third kappa shape index (κ3) is 1.62. The molecular formula is C21H19BN2. The Morgan fingerprint density at radius 1 is 0.667 bits per heavy atom. The Morgan fingerprint density at radius 3 is 1.62 bits per heavy atom. The summed E-state index contributed by atoms with van der Waals surface area (Å²) in [7, 11) is 4.37. The van der Waals surface area contributed by atoms with Gasteiger partial charge in [-0.3, -0.25) is 0 Å². The Bertz CT molecular complexity index is 905. The molecule has 2 nitrogen and oxygen atoms in total. The summed E-state index contributed by atoms with van der Waals surface area (Å²) in [5.41, 5.74) is 10.8. The standard InChI is InChI=1S/C21H19BN2/c1-14-12-19-21-20(13-14)24(3)18-11-7-5-9-16(18)22(21)15-8-4-6-10-17(15)23(19)2/h4-13H,1-3H3. The summed E-state index contributed by atoms with van der Waals surface area (Å²) in [5.74, 6) is 0. The Balaban J connectivity index is 1.92. The molecule has 0 fully saturated rings. The number of hydrogen-bond acceptors (Lipinski definition) is 2. The van der Waals surface area contributed by atoms with Gasteiger partial charge >= 0.3 is 0 Å². The number of nitrogens with zero attached hydrogens (tertiary/aromatic N) is 2. The number of rotatable bonds is 0. The molecule has 0 aliphatic carbocycles. The van der Waals surface area contributed by atoms with Crippen LogP contribution in [0.5, 0.6) is 0 Å². The summed E-state index contributed by atoms with van der Waals surface area (Å²) < 4.78 is 0. The van der Waals surface area contributed by atoms with Crippen LogP contribution in [0.15, 0.2) is 60.7 Å². The van der Waals surface area contributed by atoms with Gasteiger partial charge in [0, 0.05) is 36.8 Å². The van der Waals surface area contributed by atoms with Crippen LogP contribution in [0.1, 0.15) is 5.56 Å². The van der Waals surface area contributed by atoms with Gasteiger partial charge in [0.2, 0.25) is 0 Å². The number of hydrogen-bond donors (Lipinski definition) is 0. The molecule has 5 rings (SSSR count). The van der Waals surface area contributed by atoms with E-state index in [1.54, 1.807) is 0 Å². The fourth-order valence-electron chi connectivity index (χ4n) is 4.42. The Labute approximate surface area is 143 Å². The molecule has 2 heterocycles. The van der Waals surface area contributed by atoms with Crippen molar-refractivity contribution in [2.24, 2.45) is 0 Å². The molecule has 0 saturated carbocycles. The van der Waals surface area contributed by atoms with E-state index >= 15 is 0 Å². The molecule has 2 aliphatic heterocycles. The van der Waals surface area contributed by atoms with Gasteiger partial charge in [0.1, 0.15) is 0 Å². The molecule has 0 bridgehead atoms. The van der Waals surface area contributed by atoms with Crippen LogP contribution in [0.2, 0.25) is 0 Å². The predicted molar refractivity (Wildman–Crippen MR) is 105 cm³/mol. The first-order valence-corrected chi connectivity index (χ1v) is 8.46. The van der Waals surface area contributed by atoms with Gasteiger partial charge in [0.25, 0.3) is 6.71 Å². The number of anilines is 4. The molecule has 24 heavy (non-hydrogen) atoms. The lowest BCUT2D eigenvalue weighted by atomic mass is 9.33. The van der Waals surface area contributed by atoms with E-state index in [1.807, 2.05) is 0 Å². The van der Waals surface area contributed by atoms with Crippen molar-refractivity contribution in [3.8, 4) is 0 Å². The minimum Gasteiger partial charge on any atom is -0.345 e. The van der Waals surface area contributed by atoms with Gasteiger partial charge in [-0.05, 0) is 53.1 Å². The van der Waals surface area contributed by atoms with Crippen molar-refractivity contribution in [3.63, 3.8) is 0 Å². The molecule has 0 radical (unpaired) electrons. The first-order chi connectivity index (χ1) is 11.7. The molecule has 0 aromatic heterocycles. The van der Waals surface area contributed by atoms with E-state index in [0.717, 1.165) is 0 Å². The average Bonchev–Trinajstić information content (AvgIpc) is 2.61. The summed E-state index contributed by atoms with van der Waals surface area (Å²) in [6, 6.07) is 22.3. The van der Waals surface area contributed by atoms with Crippen molar-refractivity contribution in [1.29, 1.82) is 0 Å². The number of aryl methyl sites for hydroxylation is 1. The fraction of sp³-hybridized carbons (Fsp3) is 0.143. The van der Waals surface area contributed by atoms with Crippen LogP contribution in [0.3, 0.4) is 0 Å². The van der Waals surface area contributed by atoms with E-state index in [2.05, 4.69) is 91.5 Å². The lowest BCUT2D eigenvalue weighted by Gasteiger charge is -2.42. The lowest BCUT2D eigenvalue weighted by Crippen LogP contribution is -2.61. The van der Waals surface area contributed by atoms with Gasteiger partial charge in [0.05, 0.1) is 0 Å². The van der Waals surface area contributed by atoms with Crippen molar-refractivity contribution in [1.82, 2.24) is 0 Å². The molecular weight excluding hydrogens is 291 g/mol.